The van der Waals surface area contributed by atoms with Crippen LogP contribution in [-0.4, -0.2) is 42.5 Å². The topological polar surface area (TPSA) is 88.0 Å². The third kappa shape index (κ3) is 3.15. The quantitative estimate of drug-likeness (QED) is 0.548. The van der Waals surface area contributed by atoms with E-state index in [9.17, 15) is 4.79 Å². The Morgan fingerprint density at radius 3 is 3.12 bits per heavy atom. The molecule has 0 fully saturated rings. The number of pyridine rings is 1. The van der Waals surface area contributed by atoms with Crippen molar-refractivity contribution >= 4 is 34.3 Å². The molecule has 0 radical (unpaired) electrons. The fourth-order valence-corrected chi connectivity index (χ4v) is 3.39. The minimum atomic E-state index is -0.218. The second-order valence-corrected chi connectivity index (χ2v) is 6.91. The molecule has 3 aromatic heterocycles. The number of hydrogen-bond donors (Lipinski definition) is 2. The van der Waals surface area contributed by atoms with E-state index in [0.29, 0.717) is 5.56 Å². The van der Waals surface area contributed by atoms with Gasteiger partial charge in [0, 0.05) is 11.8 Å². The second-order valence-electron chi connectivity index (χ2n) is 5.93. The lowest BCUT2D eigenvalue weighted by Crippen LogP contribution is -2.30. The number of amides is 1. The number of hydrogen-bond acceptors (Lipinski definition) is 5. The summed E-state index contributed by atoms with van der Waals surface area (Å²) in [5, 5.41) is 11.6. The average molecular weight is 366 g/mol. The van der Waals surface area contributed by atoms with Crippen LogP contribution in [0.2, 0.25) is 0 Å². The first-order valence-corrected chi connectivity index (χ1v) is 9.68. The monoisotopic (exact) mass is 366 g/mol. The third-order valence-corrected chi connectivity index (χ3v) is 4.89. The van der Waals surface area contributed by atoms with E-state index >= 15 is 0 Å². The second kappa shape index (κ2) is 7.17. The summed E-state index contributed by atoms with van der Waals surface area (Å²) in [7, 11) is 0. The van der Waals surface area contributed by atoms with Crippen molar-refractivity contribution in [3.8, 4) is 0 Å². The summed E-state index contributed by atoms with van der Waals surface area (Å²) in [6.07, 6.45) is 6.36. The van der Waals surface area contributed by atoms with Crippen LogP contribution in [0.3, 0.4) is 0 Å². The van der Waals surface area contributed by atoms with Crippen LogP contribution in [-0.2, 0) is 0 Å². The van der Waals surface area contributed by atoms with Crippen molar-refractivity contribution in [2.24, 2.45) is 0 Å². The van der Waals surface area contributed by atoms with Gasteiger partial charge < -0.3 is 10.3 Å². The normalized spacial score (nSPS) is 12.5. The molecule has 0 saturated heterocycles. The number of H-pyrrole nitrogens is 1. The Bertz CT molecular complexity index is 1060. The van der Waals surface area contributed by atoms with Gasteiger partial charge in [-0.2, -0.15) is 11.8 Å². The van der Waals surface area contributed by atoms with Crippen LogP contribution in [0, 0.1) is 0 Å². The number of thioether (sulfide) groups is 1. The lowest BCUT2D eigenvalue weighted by molar-refractivity contribution is 0.0934. The molecular weight excluding hydrogens is 348 g/mol. The number of benzene rings is 1. The predicted molar refractivity (Wildman–Crippen MR) is 102 cm³/mol. The maximum atomic E-state index is 12.8. The standard InChI is InChI=1S/C18H18N6OS/c1-26-9-7-14(17-23-22-16-4-2-3-8-24(16)17)21-18(25)12-5-6-13-15(10-12)20-11-19-13/h2-6,8,10-11,14H,7,9H2,1H3,(H,19,20)(H,21,25)/t14-/m0/s1. The van der Waals surface area contributed by atoms with Crippen molar-refractivity contribution in [1.82, 2.24) is 29.9 Å². The lowest BCUT2D eigenvalue weighted by Gasteiger charge is -2.17. The van der Waals surface area contributed by atoms with E-state index in [1.165, 1.54) is 0 Å². The summed E-state index contributed by atoms with van der Waals surface area (Å²) >= 11 is 1.74. The highest BCUT2D eigenvalue weighted by Crippen LogP contribution is 2.20. The number of rotatable bonds is 6. The van der Waals surface area contributed by atoms with Crippen LogP contribution in [0.4, 0.5) is 0 Å². The highest BCUT2D eigenvalue weighted by Gasteiger charge is 2.21. The Morgan fingerprint density at radius 2 is 2.23 bits per heavy atom. The first-order chi connectivity index (χ1) is 12.8. The van der Waals surface area contributed by atoms with E-state index in [4.69, 9.17) is 0 Å². The summed E-state index contributed by atoms with van der Waals surface area (Å²) in [5.74, 6) is 1.51. The molecule has 0 bridgehead atoms. The largest absolute Gasteiger partial charge is 0.345 e. The molecule has 4 aromatic rings. The SMILES string of the molecule is CSCC[C@H](NC(=O)c1ccc2nc[nH]c2c1)c1nnc2ccccn12. The molecule has 0 aliphatic rings. The summed E-state index contributed by atoms with van der Waals surface area (Å²) in [6, 6.07) is 11.0. The van der Waals surface area contributed by atoms with E-state index in [2.05, 4.69) is 25.5 Å². The molecule has 2 N–H and O–H groups in total. The molecule has 1 amide bonds. The van der Waals surface area contributed by atoms with E-state index in [1.54, 1.807) is 24.2 Å². The number of nitrogens with one attached hydrogen (secondary N) is 2. The summed E-state index contributed by atoms with van der Waals surface area (Å²) in [5.41, 5.74) is 3.03. The predicted octanol–water partition coefficient (Wildman–Crippen LogP) is 2.83. The van der Waals surface area contributed by atoms with E-state index in [1.807, 2.05) is 47.2 Å². The van der Waals surface area contributed by atoms with Crippen molar-refractivity contribution in [3.05, 3.63) is 60.3 Å². The van der Waals surface area contributed by atoms with Gasteiger partial charge in [0.2, 0.25) is 0 Å². The van der Waals surface area contributed by atoms with Gasteiger partial charge in [0.05, 0.1) is 23.4 Å². The van der Waals surface area contributed by atoms with Crippen LogP contribution in [0.25, 0.3) is 16.7 Å². The van der Waals surface area contributed by atoms with Crippen molar-refractivity contribution in [2.45, 2.75) is 12.5 Å². The van der Waals surface area contributed by atoms with Gasteiger partial charge in [-0.3, -0.25) is 9.20 Å². The van der Waals surface area contributed by atoms with Gasteiger partial charge in [-0.05, 0) is 48.8 Å². The Balaban J connectivity index is 1.63. The fourth-order valence-electron chi connectivity index (χ4n) is 2.92. The fraction of sp³-hybridized carbons (Fsp3) is 0.222. The molecule has 0 aliphatic carbocycles. The molecule has 8 heteroatoms. The lowest BCUT2D eigenvalue weighted by atomic mass is 10.1. The van der Waals surface area contributed by atoms with Gasteiger partial charge in [0.25, 0.3) is 5.91 Å². The van der Waals surface area contributed by atoms with Gasteiger partial charge in [0.15, 0.2) is 11.5 Å². The molecule has 1 atom stereocenters. The zero-order valence-corrected chi connectivity index (χ0v) is 15.0. The summed E-state index contributed by atoms with van der Waals surface area (Å²) in [6.45, 7) is 0. The minimum absolute atomic E-state index is 0.139. The molecule has 132 valence electrons. The van der Waals surface area contributed by atoms with Gasteiger partial charge in [0.1, 0.15) is 0 Å². The van der Waals surface area contributed by atoms with Gasteiger partial charge >= 0.3 is 0 Å². The smallest absolute Gasteiger partial charge is 0.251 e. The molecule has 3 heterocycles. The van der Waals surface area contributed by atoms with Crippen LogP contribution in [0.1, 0.15) is 28.6 Å². The van der Waals surface area contributed by atoms with Crippen molar-refractivity contribution < 1.29 is 4.79 Å². The number of nitrogens with zero attached hydrogens (tertiary/aromatic N) is 4. The highest BCUT2D eigenvalue weighted by atomic mass is 32.2. The first-order valence-electron chi connectivity index (χ1n) is 8.29. The number of carbonyl (C=O) groups is 1. The maximum Gasteiger partial charge on any atom is 0.251 e. The van der Waals surface area contributed by atoms with Crippen molar-refractivity contribution in [2.75, 3.05) is 12.0 Å². The molecule has 4 rings (SSSR count). The van der Waals surface area contributed by atoms with Crippen molar-refractivity contribution in [1.29, 1.82) is 0 Å². The van der Waals surface area contributed by atoms with Crippen LogP contribution in [0.15, 0.2) is 48.9 Å². The van der Waals surface area contributed by atoms with Gasteiger partial charge in [-0.15, -0.1) is 10.2 Å². The zero-order chi connectivity index (χ0) is 17.9. The molecule has 26 heavy (non-hydrogen) atoms. The Labute approximate surface area is 154 Å². The van der Waals surface area contributed by atoms with Crippen LogP contribution in [0.5, 0.6) is 0 Å². The van der Waals surface area contributed by atoms with E-state index < -0.39 is 0 Å². The average Bonchev–Trinajstić information content (AvgIpc) is 3.31. The summed E-state index contributed by atoms with van der Waals surface area (Å²) < 4.78 is 1.92. The minimum Gasteiger partial charge on any atom is -0.345 e. The first kappa shape index (κ1) is 16.6. The molecule has 0 spiro atoms. The number of fused-ring (bicyclic) bond motifs is 2. The van der Waals surface area contributed by atoms with Gasteiger partial charge in [-0.1, -0.05) is 6.07 Å². The van der Waals surface area contributed by atoms with E-state index in [0.717, 1.165) is 34.7 Å². The molecule has 1 aromatic carbocycles. The zero-order valence-electron chi connectivity index (χ0n) is 14.2. The number of aromatic nitrogens is 5. The molecule has 0 aliphatic heterocycles. The number of aromatic amines is 1. The molecule has 0 unspecified atom stereocenters. The molecule has 0 saturated carbocycles. The van der Waals surface area contributed by atoms with Crippen LogP contribution < -0.4 is 5.32 Å². The Morgan fingerprint density at radius 1 is 1.31 bits per heavy atom. The Kier molecular flexibility index (Phi) is 4.57. The molecular formula is C18H18N6OS. The van der Waals surface area contributed by atoms with Crippen molar-refractivity contribution in [3.63, 3.8) is 0 Å². The summed E-state index contributed by atoms with van der Waals surface area (Å²) in [4.78, 5) is 20.0. The number of carbonyl (C=O) groups excluding carboxylic acids is 1. The highest BCUT2D eigenvalue weighted by molar-refractivity contribution is 7.98. The Hall–Kier alpha value is -2.87. The number of imidazole rings is 1. The maximum absolute atomic E-state index is 12.8. The third-order valence-electron chi connectivity index (χ3n) is 4.25. The molecule has 7 nitrogen and oxygen atoms in total. The van der Waals surface area contributed by atoms with Gasteiger partial charge in [-0.25, -0.2) is 4.98 Å². The van der Waals surface area contributed by atoms with Crippen LogP contribution >= 0.6 is 11.8 Å². The van der Waals surface area contributed by atoms with E-state index in [-0.39, 0.29) is 11.9 Å².